The Morgan fingerprint density at radius 1 is 1.56 bits per heavy atom. The predicted octanol–water partition coefficient (Wildman–Crippen LogP) is 1.16. The van der Waals surface area contributed by atoms with Crippen LogP contribution in [0, 0.1) is 10.1 Å². The molecule has 3 N–H and O–H groups in total. The van der Waals surface area contributed by atoms with Crippen LogP contribution in [0.4, 0.5) is 17.2 Å². The van der Waals surface area contributed by atoms with Gasteiger partial charge in [0.25, 0.3) is 0 Å². The zero-order valence-corrected chi connectivity index (χ0v) is 8.47. The number of hydrogen-bond acceptors (Lipinski definition) is 6. The molecular weight excluding hydrogens is 210 g/mol. The van der Waals surface area contributed by atoms with E-state index in [1.807, 2.05) is 0 Å². The molecule has 0 unspecified atom stereocenters. The lowest BCUT2D eigenvalue weighted by molar-refractivity contribution is -0.383. The Kier molecular flexibility index (Phi) is 2.28. The van der Waals surface area contributed by atoms with Gasteiger partial charge < -0.3 is 11.1 Å². The first kappa shape index (κ1) is 10.1. The fourth-order valence-electron chi connectivity index (χ4n) is 1.52. The molecule has 0 saturated heterocycles. The van der Waals surface area contributed by atoms with Crippen molar-refractivity contribution in [1.82, 2.24) is 9.97 Å². The second-order valence-corrected chi connectivity index (χ2v) is 3.10. The molecule has 7 nitrogen and oxygen atoms in total. The molecule has 0 radical (unpaired) electrons. The van der Waals surface area contributed by atoms with Crippen LogP contribution in [0.2, 0.25) is 0 Å². The molecule has 16 heavy (non-hydrogen) atoms. The zero-order valence-electron chi connectivity index (χ0n) is 8.47. The summed E-state index contributed by atoms with van der Waals surface area (Å²) in [7, 11) is 1.58. The van der Waals surface area contributed by atoms with Crippen molar-refractivity contribution in [3.8, 4) is 0 Å². The topological polar surface area (TPSA) is 107 Å². The highest BCUT2D eigenvalue weighted by Gasteiger charge is 2.22. The summed E-state index contributed by atoms with van der Waals surface area (Å²) in [6.07, 6.45) is 1.55. The highest BCUT2D eigenvalue weighted by atomic mass is 16.6. The minimum atomic E-state index is -0.567. The molecule has 82 valence electrons. The molecule has 0 amide bonds. The lowest BCUT2D eigenvalue weighted by Crippen LogP contribution is -2.04. The fraction of sp³-hybridized carbons (Fsp3) is 0.111. The Bertz CT molecular complexity index is 569. The molecule has 0 saturated carbocycles. The normalized spacial score (nSPS) is 10.3. The first-order valence-corrected chi connectivity index (χ1v) is 4.51. The molecule has 2 aromatic heterocycles. The summed E-state index contributed by atoms with van der Waals surface area (Å²) in [5.41, 5.74) is 6.55. The van der Waals surface area contributed by atoms with Gasteiger partial charge in [0, 0.05) is 13.2 Å². The fourth-order valence-corrected chi connectivity index (χ4v) is 1.52. The van der Waals surface area contributed by atoms with Gasteiger partial charge in [-0.25, -0.2) is 4.98 Å². The number of nitrogen functional groups attached to an aromatic ring is 1. The minimum Gasteiger partial charge on any atom is -0.381 e. The summed E-state index contributed by atoms with van der Waals surface area (Å²) in [4.78, 5) is 18.3. The van der Waals surface area contributed by atoms with Crippen LogP contribution < -0.4 is 11.1 Å². The summed E-state index contributed by atoms with van der Waals surface area (Å²) in [5, 5.41) is 13.6. The highest BCUT2D eigenvalue weighted by molar-refractivity contribution is 5.96. The van der Waals surface area contributed by atoms with E-state index < -0.39 is 4.92 Å². The van der Waals surface area contributed by atoms with Crippen molar-refractivity contribution in [3.05, 3.63) is 28.4 Å². The third-order valence-electron chi connectivity index (χ3n) is 2.18. The van der Waals surface area contributed by atoms with Gasteiger partial charge in [0.2, 0.25) is 5.82 Å². The molecule has 0 spiro atoms. The van der Waals surface area contributed by atoms with Gasteiger partial charge in [0.1, 0.15) is 11.2 Å². The first-order chi connectivity index (χ1) is 7.65. The maximum atomic E-state index is 10.9. The Morgan fingerprint density at radius 2 is 2.31 bits per heavy atom. The molecule has 0 bridgehead atoms. The monoisotopic (exact) mass is 219 g/mol. The summed E-state index contributed by atoms with van der Waals surface area (Å²) in [6.45, 7) is 0. The van der Waals surface area contributed by atoms with Crippen LogP contribution in [-0.4, -0.2) is 21.9 Å². The van der Waals surface area contributed by atoms with Gasteiger partial charge in [-0.05, 0) is 12.1 Å². The van der Waals surface area contributed by atoms with Crippen LogP contribution in [-0.2, 0) is 0 Å². The molecular formula is C9H9N5O2. The molecule has 0 aliphatic rings. The Labute approximate surface area is 90.5 Å². The van der Waals surface area contributed by atoms with Crippen molar-refractivity contribution in [3.63, 3.8) is 0 Å². The van der Waals surface area contributed by atoms with Crippen molar-refractivity contribution < 1.29 is 4.92 Å². The maximum Gasteiger partial charge on any atom is 0.336 e. The van der Waals surface area contributed by atoms with Crippen LogP contribution >= 0.6 is 0 Å². The van der Waals surface area contributed by atoms with E-state index in [-0.39, 0.29) is 17.2 Å². The molecule has 0 fully saturated rings. The van der Waals surface area contributed by atoms with E-state index >= 15 is 0 Å². The number of anilines is 2. The average Bonchev–Trinajstić information content (AvgIpc) is 2.26. The number of pyridine rings is 2. The molecule has 2 heterocycles. The number of rotatable bonds is 2. The van der Waals surface area contributed by atoms with Crippen LogP contribution in [0.15, 0.2) is 18.3 Å². The number of nitro groups is 1. The van der Waals surface area contributed by atoms with E-state index in [2.05, 4.69) is 15.3 Å². The summed E-state index contributed by atoms with van der Waals surface area (Å²) in [6, 6.07) is 3.39. The number of aromatic nitrogens is 2. The quantitative estimate of drug-likeness (QED) is 0.579. The number of nitrogens with one attached hydrogen (secondary N) is 1. The van der Waals surface area contributed by atoms with Crippen molar-refractivity contribution in [2.75, 3.05) is 18.1 Å². The van der Waals surface area contributed by atoms with E-state index in [0.717, 1.165) is 0 Å². The third-order valence-corrected chi connectivity index (χ3v) is 2.18. The molecule has 7 heteroatoms. The minimum absolute atomic E-state index is 0.116. The average molecular weight is 219 g/mol. The maximum absolute atomic E-state index is 10.9. The van der Waals surface area contributed by atoms with E-state index in [9.17, 15) is 10.1 Å². The van der Waals surface area contributed by atoms with Crippen LogP contribution in [0.1, 0.15) is 0 Å². The Balaban J connectivity index is 2.90. The number of hydrogen-bond donors (Lipinski definition) is 2. The number of fused-ring (bicyclic) bond motifs is 1. The first-order valence-electron chi connectivity index (χ1n) is 4.51. The Morgan fingerprint density at radius 3 is 2.94 bits per heavy atom. The zero-order chi connectivity index (χ0) is 11.7. The number of nitrogens with zero attached hydrogens (tertiary/aromatic N) is 3. The molecule has 2 rings (SSSR count). The van der Waals surface area contributed by atoms with Crippen LogP contribution in [0.3, 0.4) is 0 Å². The van der Waals surface area contributed by atoms with Gasteiger partial charge in [-0.15, -0.1) is 0 Å². The lowest BCUT2D eigenvalue weighted by atomic mass is 10.2. The molecule has 2 aromatic rings. The number of nitrogens with two attached hydrogens (primary N) is 1. The van der Waals surface area contributed by atoms with Crippen molar-refractivity contribution in [2.24, 2.45) is 0 Å². The van der Waals surface area contributed by atoms with Gasteiger partial charge in [-0.2, -0.15) is 0 Å². The SMILES string of the molecule is CNc1c([N+](=O)[O-])c(N)nc2cccnc12. The van der Waals surface area contributed by atoms with E-state index in [4.69, 9.17) is 5.73 Å². The molecule has 0 atom stereocenters. The van der Waals surface area contributed by atoms with Crippen molar-refractivity contribution >= 4 is 28.2 Å². The highest BCUT2D eigenvalue weighted by Crippen LogP contribution is 2.34. The predicted molar refractivity (Wildman–Crippen MR) is 60.2 cm³/mol. The van der Waals surface area contributed by atoms with Crippen molar-refractivity contribution in [2.45, 2.75) is 0 Å². The lowest BCUT2D eigenvalue weighted by Gasteiger charge is -2.06. The van der Waals surface area contributed by atoms with Gasteiger partial charge in [0.15, 0.2) is 0 Å². The summed E-state index contributed by atoms with van der Waals surface area (Å²) in [5.74, 6) is -0.116. The van der Waals surface area contributed by atoms with Crippen LogP contribution in [0.5, 0.6) is 0 Å². The summed E-state index contributed by atoms with van der Waals surface area (Å²) >= 11 is 0. The van der Waals surface area contributed by atoms with E-state index in [1.165, 1.54) is 0 Å². The van der Waals surface area contributed by atoms with E-state index in [0.29, 0.717) is 11.0 Å². The molecule has 0 aliphatic carbocycles. The largest absolute Gasteiger partial charge is 0.381 e. The second kappa shape index (κ2) is 3.61. The van der Waals surface area contributed by atoms with Gasteiger partial charge in [0.05, 0.1) is 10.4 Å². The van der Waals surface area contributed by atoms with Crippen LogP contribution in [0.25, 0.3) is 11.0 Å². The summed E-state index contributed by atoms with van der Waals surface area (Å²) < 4.78 is 0. The smallest absolute Gasteiger partial charge is 0.336 e. The standard InChI is InChI=1S/C9H9N5O2/c1-11-7-6-5(3-2-4-12-6)13-9(10)8(7)14(15)16/h2-4H,1H3,(H3,10,11,13). The third kappa shape index (κ3) is 1.38. The van der Waals surface area contributed by atoms with Gasteiger partial charge in [-0.3, -0.25) is 15.1 Å². The molecule has 0 aliphatic heterocycles. The van der Waals surface area contributed by atoms with Gasteiger partial charge in [-0.1, -0.05) is 0 Å². The van der Waals surface area contributed by atoms with Crippen molar-refractivity contribution in [1.29, 1.82) is 0 Å². The second-order valence-electron chi connectivity index (χ2n) is 3.10. The van der Waals surface area contributed by atoms with Gasteiger partial charge >= 0.3 is 5.69 Å². The van der Waals surface area contributed by atoms with E-state index in [1.54, 1.807) is 25.4 Å². The Hall–Kier alpha value is -2.44. The molecule has 0 aromatic carbocycles.